The van der Waals surface area contributed by atoms with E-state index in [1.54, 1.807) is 12.1 Å². The summed E-state index contributed by atoms with van der Waals surface area (Å²) in [5, 5.41) is 20.0. The summed E-state index contributed by atoms with van der Waals surface area (Å²) in [5.41, 5.74) is 2.42. The largest absolute Gasteiger partial charge is 0.192 e. The van der Waals surface area contributed by atoms with Gasteiger partial charge >= 0.3 is 0 Å². The monoisotopic (exact) mass is 234 g/mol. The number of rotatable bonds is 0. The summed E-state index contributed by atoms with van der Waals surface area (Å²) >= 11 is 0. The van der Waals surface area contributed by atoms with Crippen LogP contribution in [0.15, 0.2) is 30.3 Å². The molecule has 0 aliphatic rings. The zero-order valence-corrected chi connectivity index (χ0v) is 10.8. The van der Waals surface area contributed by atoms with Crippen molar-refractivity contribution in [3.05, 3.63) is 47.0 Å². The van der Waals surface area contributed by atoms with E-state index in [4.69, 9.17) is 10.5 Å². The molecular formula is C16H14N2. The predicted octanol–water partition coefficient (Wildman–Crippen LogP) is 3.88. The van der Waals surface area contributed by atoms with E-state index in [9.17, 15) is 0 Å². The van der Waals surface area contributed by atoms with E-state index in [0.29, 0.717) is 11.1 Å². The first-order valence-corrected chi connectivity index (χ1v) is 5.85. The molecule has 0 fully saturated rings. The van der Waals surface area contributed by atoms with Gasteiger partial charge in [0, 0.05) is 5.39 Å². The first-order chi connectivity index (χ1) is 8.47. The third-order valence-electron chi connectivity index (χ3n) is 3.07. The molecule has 0 saturated heterocycles. The number of hydrogen-bond acceptors (Lipinski definition) is 2. The van der Waals surface area contributed by atoms with E-state index in [2.05, 4.69) is 32.9 Å². The molecule has 0 spiro atoms. The summed E-state index contributed by atoms with van der Waals surface area (Å²) in [7, 11) is 0. The van der Waals surface area contributed by atoms with Gasteiger partial charge in [0.1, 0.15) is 0 Å². The van der Waals surface area contributed by atoms with Gasteiger partial charge in [-0.15, -0.1) is 0 Å². The van der Waals surface area contributed by atoms with Crippen LogP contribution in [-0.4, -0.2) is 0 Å². The Morgan fingerprint density at radius 2 is 1.61 bits per heavy atom. The molecule has 18 heavy (non-hydrogen) atoms. The summed E-state index contributed by atoms with van der Waals surface area (Å²) in [4.78, 5) is 0. The third-order valence-corrected chi connectivity index (χ3v) is 3.07. The van der Waals surface area contributed by atoms with Crippen LogP contribution in [0.5, 0.6) is 0 Å². The van der Waals surface area contributed by atoms with Crippen LogP contribution in [0.1, 0.15) is 37.5 Å². The van der Waals surface area contributed by atoms with Gasteiger partial charge in [-0.2, -0.15) is 10.5 Å². The van der Waals surface area contributed by atoms with Gasteiger partial charge in [-0.3, -0.25) is 0 Å². The molecule has 2 nitrogen and oxygen atoms in total. The van der Waals surface area contributed by atoms with Crippen LogP contribution in [0, 0.1) is 22.7 Å². The Morgan fingerprint density at radius 1 is 0.889 bits per heavy atom. The smallest absolute Gasteiger partial charge is 0.0998 e. The number of fused-ring (bicyclic) bond motifs is 1. The van der Waals surface area contributed by atoms with Gasteiger partial charge in [0.25, 0.3) is 0 Å². The molecule has 0 aliphatic heterocycles. The standard InChI is InChI=1S/C16H14N2/c1-16(2,3)15-7-5-12(10-18)14-8-11(9-17)4-6-13(14)15/h4-8H,1-3H3. The molecule has 0 bridgehead atoms. The Hall–Kier alpha value is -2.32. The summed E-state index contributed by atoms with van der Waals surface area (Å²) in [6.07, 6.45) is 0. The van der Waals surface area contributed by atoms with E-state index in [-0.39, 0.29) is 5.41 Å². The van der Waals surface area contributed by atoms with Gasteiger partial charge in [0.05, 0.1) is 23.3 Å². The summed E-state index contributed by atoms with van der Waals surface area (Å²) < 4.78 is 0. The molecule has 0 aliphatic carbocycles. The van der Waals surface area contributed by atoms with Crippen LogP contribution in [0.2, 0.25) is 0 Å². The summed E-state index contributed by atoms with van der Waals surface area (Å²) in [6, 6.07) is 13.7. The van der Waals surface area contributed by atoms with Crippen LogP contribution in [0.4, 0.5) is 0 Å². The van der Waals surface area contributed by atoms with Crippen molar-refractivity contribution in [2.24, 2.45) is 0 Å². The highest BCUT2D eigenvalue weighted by Crippen LogP contribution is 2.32. The normalized spacial score (nSPS) is 10.9. The Kier molecular flexibility index (Phi) is 2.81. The average Bonchev–Trinajstić information content (AvgIpc) is 2.35. The van der Waals surface area contributed by atoms with Gasteiger partial charge in [0.15, 0.2) is 0 Å². The van der Waals surface area contributed by atoms with E-state index < -0.39 is 0 Å². The minimum absolute atomic E-state index is 0.0143. The zero-order chi connectivity index (χ0) is 13.3. The minimum Gasteiger partial charge on any atom is -0.192 e. The number of hydrogen-bond donors (Lipinski definition) is 0. The Balaban J connectivity index is 2.90. The molecular weight excluding hydrogens is 220 g/mol. The topological polar surface area (TPSA) is 47.6 Å². The number of nitrogens with zero attached hydrogens (tertiary/aromatic N) is 2. The molecule has 2 aromatic rings. The number of nitriles is 2. The molecule has 0 unspecified atom stereocenters. The second-order valence-corrected chi connectivity index (χ2v) is 5.39. The second kappa shape index (κ2) is 4.17. The van der Waals surface area contributed by atoms with Crippen LogP contribution >= 0.6 is 0 Å². The molecule has 0 atom stereocenters. The SMILES string of the molecule is CC(C)(C)c1ccc(C#N)c2cc(C#N)ccc12. The molecule has 2 rings (SSSR count). The maximum Gasteiger partial charge on any atom is 0.0998 e. The third kappa shape index (κ3) is 1.94. The van der Waals surface area contributed by atoms with Gasteiger partial charge in [-0.25, -0.2) is 0 Å². The van der Waals surface area contributed by atoms with Crippen molar-refractivity contribution in [2.75, 3.05) is 0 Å². The highest BCUT2D eigenvalue weighted by atomic mass is 14.3. The Bertz CT molecular complexity index is 692. The zero-order valence-electron chi connectivity index (χ0n) is 10.8. The first-order valence-electron chi connectivity index (χ1n) is 5.85. The van der Waals surface area contributed by atoms with Crippen molar-refractivity contribution in [1.82, 2.24) is 0 Å². The molecule has 0 aromatic heterocycles. The van der Waals surface area contributed by atoms with Gasteiger partial charge in [0.2, 0.25) is 0 Å². The van der Waals surface area contributed by atoms with Crippen LogP contribution in [-0.2, 0) is 5.41 Å². The van der Waals surface area contributed by atoms with Gasteiger partial charge < -0.3 is 0 Å². The fraction of sp³-hybridized carbons (Fsp3) is 0.250. The van der Waals surface area contributed by atoms with Crippen molar-refractivity contribution in [3.8, 4) is 12.1 Å². The number of benzene rings is 2. The van der Waals surface area contributed by atoms with E-state index in [1.807, 2.05) is 18.2 Å². The van der Waals surface area contributed by atoms with E-state index in [0.717, 1.165) is 10.8 Å². The second-order valence-electron chi connectivity index (χ2n) is 5.39. The lowest BCUT2D eigenvalue weighted by molar-refractivity contribution is 0.596. The van der Waals surface area contributed by atoms with Gasteiger partial charge in [-0.1, -0.05) is 32.9 Å². The lowest BCUT2D eigenvalue weighted by atomic mass is 9.82. The Labute approximate surface area is 107 Å². The average molecular weight is 234 g/mol. The summed E-state index contributed by atoms with van der Waals surface area (Å²) in [6.45, 7) is 6.43. The fourth-order valence-electron chi connectivity index (χ4n) is 2.17. The predicted molar refractivity (Wildman–Crippen MR) is 72.1 cm³/mol. The molecule has 2 aromatic carbocycles. The minimum atomic E-state index is 0.0143. The molecule has 0 heterocycles. The van der Waals surface area contributed by atoms with Crippen LogP contribution < -0.4 is 0 Å². The van der Waals surface area contributed by atoms with Gasteiger partial charge in [-0.05, 0) is 34.6 Å². The van der Waals surface area contributed by atoms with Crippen LogP contribution in [0.3, 0.4) is 0 Å². The maximum absolute atomic E-state index is 9.16. The highest BCUT2D eigenvalue weighted by molar-refractivity contribution is 5.92. The van der Waals surface area contributed by atoms with E-state index in [1.165, 1.54) is 5.56 Å². The molecule has 0 amide bonds. The lowest BCUT2D eigenvalue weighted by Crippen LogP contribution is -2.11. The molecule has 2 heteroatoms. The van der Waals surface area contributed by atoms with Crippen molar-refractivity contribution in [1.29, 1.82) is 10.5 Å². The molecule has 0 radical (unpaired) electrons. The fourth-order valence-corrected chi connectivity index (χ4v) is 2.17. The highest BCUT2D eigenvalue weighted by Gasteiger charge is 2.18. The van der Waals surface area contributed by atoms with E-state index >= 15 is 0 Å². The summed E-state index contributed by atoms with van der Waals surface area (Å²) in [5.74, 6) is 0. The van der Waals surface area contributed by atoms with Crippen molar-refractivity contribution in [3.63, 3.8) is 0 Å². The maximum atomic E-state index is 9.16. The van der Waals surface area contributed by atoms with Crippen LogP contribution in [0.25, 0.3) is 10.8 Å². The Morgan fingerprint density at radius 3 is 2.17 bits per heavy atom. The molecule has 0 N–H and O–H groups in total. The van der Waals surface area contributed by atoms with Crippen molar-refractivity contribution in [2.45, 2.75) is 26.2 Å². The quantitative estimate of drug-likeness (QED) is 0.694. The first kappa shape index (κ1) is 12.1. The lowest BCUT2D eigenvalue weighted by Gasteiger charge is -2.21. The van der Waals surface area contributed by atoms with Crippen molar-refractivity contribution < 1.29 is 0 Å². The molecule has 88 valence electrons. The van der Waals surface area contributed by atoms with Crippen molar-refractivity contribution >= 4 is 10.8 Å². The molecule has 0 saturated carbocycles.